The Bertz CT molecular complexity index is 620. The van der Waals surface area contributed by atoms with Gasteiger partial charge in [-0.15, -0.1) is 0 Å². The molecule has 5 nitrogen and oxygen atoms in total. The van der Waals surface area contributed by atoms with E-state index in [-0.39, 0.29) is 12.1 Å². The normalized spacial score (nSPS) is 9.95. The molecule has 2 aromatic rings. The predicted octanol–water partition coefficient (Wildman–Crippen LogP) is 1.67. The third kappa shape index (κ3) is 3.45. The topological polar surface area (TPSA) is 60.3 Å². The highest BCUT2D eigenvalue weighted by Gasteiger charge is 2.06. The van der Waals surface area contributed by atoms with Gasteiger partial charge in [0.1, 0.15) is 5.75 Å². The molecule has 1 aromatic heterocycles. The predicted molar refractivity (Wildman–Crippen MR) is 71.0 cm³/mol. The SMILES string of the molecule is Cn1cccc(CNC(=O)Oc2ccccc2)c1=O. The van der Waals surface area contributed by atoms with Crippen molar-refractivity contribution in [3.05, 3.63) is 64.6 Å². The van der Waals surface area contributed by atoms with Crippen molar-refractivity contribution in [3.63, 3.8) is 0 Å². The van der Waals surface area contributed by atoms with E-state index in [4.69, 9.17) is 4.74 Å². The van der Waals surface area contributed by atoms with E-state index < -0.39 is 6.09 Å². The van der Waals surface area contributed by atoms with Crippen LogP contribution in [0.25, 0.3) is 0 Å². The molecule has 0 bridgehead atoms. The van der Waals surface area contributed by atoms with E-state index in [9.17, 15) is 9.59 Å². The molecule has 0 unspecified atom stereocenters. The first-order valence-electron chi connectivity index (χ1n) is 5.82. The number of nitrogens with zero attached hydrogens (tertiary/aromatic N) is 1. The molecule has 98 valence electrons. The zero-order valence-electron chi connectivity index (χ0n) is 10.5. The standard InChI is InChI=1S/C14H14N2O3/c1-16-9-5-6-11(13(16)17)10-15-14(18)19-12-7-3-2-4-8-12/h2-9H,10H2,1H3,(H,15,18). The molecule has 1 amide bonds. The smallest absolute Gasteiger partial charge is 0.410 e. The Morgan fingerprint density at radius 2 is 1.95 bits per heavy atom. The lowest BCUT2D eigenvalue weighted by atomic mass is 10.3. The van der Waals surface area contributed by atoms with Crippen LogP contribution in [0.15, 0.2) is 53.5 Å². The fraction of sp³-hybridized carbons (Fsp3) is 0.143. The van der Waals surface area contributed by atoms with E-state index in [0.717, 1.165) is 0 Å². The van der Waals surface area contributed by atoms with E-state index in [1.807, 2.05) is 6.07 Å². The van der Waals surface area contributed by atoms with E-state index in [0.29, 0.717) is 11.3 Å². The fourth-order valence-corrected chi connectivity index (χ4v) is 1.59. The lowest BCUT2D eigenvalue weighted by Crippen LogP contribution is -2.30. The highest BCUT2D eigenvalue weighted by molar-refractivity contribution is 5.70. The van der Waals surface area contributed by atoms with E-state index in [1.54, 1.807) is 49.6 Å². The van der Waals surface area contributed by atoms with Gasteiger partial charge in [0.25, 0.3) is 5.56 Å². The summed E-state index contributed by atoms with van der Waals surface area (Å²) in [5.41, 5.74) is 0.373. The number of para-hydroxylation sites is 1. The third-order valence-electron chi connectivity index (χ3n) is 2.58. The molecule has 0 aliphatic heterocycles. The van der Waals surface area contributed by atoms with Crippen LogP contribution in [-0.2, 0) is 13.6 Å². The van der Waals surface area contributed by atoms with Gasteiger partial charge in [-0.2, -0.15) is 0 Å². The number of amides is 1. The number of aryl methyl sites for hydroxylation is 1. The zero-order chi connectivity index (χ0) is 13.7. The van der Waals surface area contributed by atoms with E-state index in [1.165, 1.54) is 4.57 Å². The number of nitrogens with one attached hydrogen (secondary N) is 1. The van der Waals surface area contributed by atoms with Crippen molar-refractivity contribution in [3.8, 4) is 5.75 Å². The van der Waals surface area contributed by atoms with Crippen LogP contribution in [0.5, 0.6) is 5.75 Å². The monoisotopic (exact) mass is 258 g/mol. The van der Waals surface area contributed by atoms with Crippen molar-refractivity contribution >= 4 is 6.09 Å². The zero-order valence-corrected chi connectivity index (χ0v) is 10.5. The van der Waals surface area contributed by atoms with Gasteiger partial charge < -0.3 is 14.6 Å². The number of carbonyl (C=O) groups is 1. The summed E-state index contributed by atoms with van der Waals surface area (Å²) in [5.74, 6) is 0.459. The molecule has 0 spiro atoms. The lowest BCUT2D eigenvalue weighted by Gasteiger charge is -2.07. The van der Waals surface area contributed by atoms with Gasteiger partial charge in [0, 0.05) is 18.8 Å². The molecular formula is C14H14N2O3. The molecule has 0 saturated carbocycles. The average Bonchev–Trinajstić information content (AvgIpc) is 2.42. The lowest BCUT2D eigenvalue weighted by molar-refractivity contribution is 0.200. The molecule has 0 aliphatic rings. The first kappa shape index (κ1) is 12.9. The second-order valence-corrected chi connectivity index (χ2v) is 4.01. The summed E-state index contributed by atoms with van der Waals surface area (Å²) in [5, 5.41) is 2.54. The molecule has 2 rings (SSSR count). The van der Waals surface area contributed by atoms with Crippen LogP contribution in [0.4, 0.5) is 4.79 Å². The van der Waals surface area contributed by atoms with Gasteiger partial charge in [0.15, 0.2) is 0 Å². The number of pyridine rings is 1. The summed E-state index contributed by atoms with van der Waals surface area (Å²) in [4.78, 5) is 23.3. The molecule has 1 aromatic carbocycles. The van der Waals surface area contributed by atoms with Gasteiger partial charge in [-0.05, 0) is 18.2 Å². The summed E-state index contributed by atoms with van der Waals surface area (Å²) >= 11 is 0. The average molecular weight is 258 g/mol. The first-order valence-corrected chi connectivity index (χ1v) is 5.82. The minimum absolute atomic E-state index is 0.137. The maximum atomic E-state index is 11.7. The molecule has 0 atom stereocenters. The van der Waals surface area contributed by atoms with Crippen LogP contribution < -0.4 is 15.6 Å². The maximum absolute atomic E-state index is 11.7. The van der Waals surface area contributed by atoms with Gasteiger partial charge in [-0.3, -0.25) is 4.79 Å². The van der Waals surface area contributed by atoms with Crippen LogP contribution in [-0.4, -0.2) is 10.7 Å². The molecule has 0 saturated heterocycles. The summed E-state index contributed by atoms with van der Waals surface area (Å²) in [6, 6.07) is 12.2. The van der Waals surface area contributed by atoms with Gasteiger partial charge in [0.05, 0.1) is 6.54 Å². The van der Waals surface area contributed by atoms with Crippen LogP contribution in [0.2, 0.25) is 0 Å². The molecule has 1 N–H and O–H groups in total. The number of ether oxygens (including phenoxy) is 1. The molecule has 19 heavy (non-hydrogen) atoms. The molecule has 0 radical (unpaired) electrons. The third-order valence-corrected chi connectivity index (χ3v) is 2.58. The Kier molecular flexibility index (Phi) is 3.97. The van der Waals surface area contributed by atoms with Gasteiger partial charge >= 0.3 is 6.09 Å². The van der Waals surface area contributed by atoms with Crippen LogP contribution >= 0.6 is 0 Å². The maximum Gasteiger partial charge on any atom is 0.412 e. The van der Waals surface area contributed by atoms with Crippen molar-refractivity contribution < 1.29 is 9.53 Å². The van der Waals surface area contributed by atoms with Crippen molar-refractivity contribution in [2.24, 2.45) is 7.05 Å². The van der Waals surface area contributed by atoms with Crippen molar-refractivity contribution in [2.75, 3.05) is 0 Å². The van der Waals surface area contributed by atoms with Crippen LogP contribution in [0.3, 0.4) is 0 Å². The first-order chi connectivity index (χ1) is 9.16. The van der Waals surface area contributed by atoms with E-state index in [2.05, 4.69) is 5.32 Å². The minimum Gasteiger partial charge on any atom is -0.410 e. The summed E-state index contributed by atoms with van der Waals surface area (Å²) in [7, 11) is 1.66. The Labute approximate surface area is 110 Å². The van der Waals surface area contributed by atoms with Gasteiger partial charge in [-0.1, -0.05) is 24.3 Å². The number of hydrogen-bond donors (Lipinski definition) is 1. The Balaban J connectivity index is 1.94. The van der Waals surface area contributed by atoms with Crippen molar-refractivity contribution in [1.29, 1.82) is 0 Å². The molecule has 0 aliphatic carbocycles. The highest BCUT2D eigenvalue weighted by Crippen LogP contribution is 2.08. The Morgan fingerprint density at radius 3 is 2.68 bits per heavy atom. The number of benzene rings is 1. The number of aromatic nitrogens is 1. The molecule has 5 heteroatoms. The summed E-state index contributed by atoms with van der Waals surface area (Å²) in [6.07, 6.45) is 1.07. The van der Waals surface area contributed by atoms with Gasteiger partial charge in [-0.25, -0.2) is 4.79 Å². The number of hydrogen-bond acceptors (Lipinski definition) is 3. The van der Waals surface area contributed by atoms with Crippen LogP contribution in [0, 0.1) is 0 Å². The Hall–Kier alpha value is -2.56. The summed E-state index contributed by atoms with van der Waals surface area (Å²) in [6.45, 7) is 0.138. The van der Waals surface area contributed by atoms with Crippen molar-refractivity contribution in [1.82, 2.24) is 9.88 Å². The number of carbonyl (C=O) groups excluding carboxylic acids is 1. The second kappa shape index (κ2) is 5.86. The van der Waals surface area contributed by atoms with Gasteiger partial charge in [0.2, 0.25) is 0 Å². The number of rotatable bonds is 3. The molecular weight excluding hydrogens is 244 g/mol. The van der Waals surface area contributed by atoms with Crippen LogP contribution in [0.1, 0.15) is 5.56 Å². The quantitative estimate of drug-likeness (QED) is 0.911. The largest absolute Gasteiger partial charge is 0.412 e. The Morgan fingerprint density at radius 1 is 1.21 bits per heavy atom. The fourth-order valence-electron chi connectivity index (χ4n) is 1.59. The highest BCUT2D eigenvalue weighted by atomic mass is 16.6. The second-order valence-electron chi connectivity index (χ2n) is 4.01. The van der Waals surface area contributed by atoms with E-state index >= 15 is 0 Å². The minimum atomic E-state index is -0.586. The van der Waals surface area contributed by atoms with Crippen molar-refractivity contribution in [2.45, 2.75) is 6.54 Å². The molecule has 0 fully saturated rings. The molecule has 1 heterocycles. The summed E-state index contributed by atoms with van der Waals surface area (Å²) < 4.78 is 6.51.